The molecule has 1 rings (SSSR count). The van der Waals surface area contributed by atoms with Gasteiger partial charge in [-0.15, -0.1) is 12.4 Å². The van der Waals surface area contributed by atoms with E-state index in [1.165, 1.54) is 7.11 Å². The molecule has 0 bridgehead atoms. The van der Waals surface area contributed by atoms with Crippen LogP contribution in [0.4, 0.5) is 0 Å². The summed E-state index contributed by atoms with van der Waals surface area (Å²) < 4.78 is 5.11. The van der Waals surface area contributed by atoms with E-state index in [2.05, 4.69) is 20.7 Å². The van der Waals surface area contributed by atoms with Crippen LogP contribution in [0, 0.1) is 6.92 Å². The Kier molecular flexibility index (Phi) is 5.78. The number of ether oxygens (including phenoxy) is 1. The average Bonchev–Trinajstić information content (AvgIpc) is 2.22. The number of benzene rings is 1. The van der Waals surface area contributed by atoms with Gasteiger partial charge in [-0.1, -0.05) is 22.0 Å². The number of phenols is 1. The molecule has 0 fully saturated rings. The fourth-order valence-electron chi connectivity index (χ4n) is 1.23. The quantitative estimate of drug-likeness (QED) is 0.820. The van der Waals surface area contributed by atoms with Crippen molar-refractivity contribution in [2.45, 2.75) is 13.0 Å². The van der Waals surface area contributed by atoms with Gasteiger partial charge in [-0.3, -0.25) is 4.79 Å². The lowest BCUT2D eigenvalue weighted by Crippen LogP contribution is -2.23. The Morgan fingerprint density at radius 1 is 1.56 bits per heavy atom. The predicted molar refractivity (Wildman–Crippen MR) is 66.7 cm³/mol. The number of aromatic hydroxyl groups is 1. The second-order valence-corrected chi connectivity index (χ2v) is 3.98. The fraction of sp³-hybridized carbons (Fsp3) is 0.300. The van der Waals surface area contributed by atoms with Crippen LogP contribution in [-0.4, -0.2) is 18.2 Å². The van der Waals surface area contributed by atoms with Gasteiger partial charge in [0.05, 0.1) is 7.11 Å². The number of halogens is 2. The molecule has 0 saturated heterocycles. The van der Waals surface area contributed by atoms with Crippen LogP contribution in [0.3, 0.4) is 0 Å². The van der Waals surface area contributed by atoms with Gasteiger partial charge in [0.15, 0.2) is 0 Å². The summed E-state index contributed by atoms with van der Waals surface area (Å²) in [5.74, 6) is -0.570. The van der Waals surface area contributed by atoms with Crippen molar-refractivity contribution >= 4 is 34.3 Å². The molecule has 0 aliphatic rings. The number of phenolic OH excluding ortho intramolecular Hbond substituents is 1. The number of methoxy groups -OCH3 is 1. The van der Waals surface area contributed by atoms with Crippen LogP contribution in [0.1, 0.15) is 17.2 Å². The first kappa shape index (κ1) is 15.2. The zero-order valence-electron chi connectivity index (χ0n) is 8.86. The number of aryl methyl sites for hydroxylation is 1. The van der Waals surface area contributed by atoms with E-state index in [0.29, 0.717) is 15.6 Å². The van der Waals surface area contributed by atoms with Crippen LogP contribution in [-0.2, 0) is 9.53 Å². The SMILES string of the molecule is COC(=O)[C@H](N)c1c(Br)ccc(C)c1O.Cl. The molecule has 1 atom stereocenters. The van der Waals surface area contributed by atoms with E-state index < -0.39 is 12.0 Å². The number of hydrogen-bond acceptors (Lipinski definition) is 4. The van der Waals surface area contributed by atoms with Crippen molar-refractivity contribution in [3.8, 4) is 5.75 Å². The van der Waals surface area contributed by atoms with Crippen molar-refractivity contribution in [1.29, 1.82) is 0 Å². The first-order valence-corrected chi connectivity index (χ1v) is 5.09. The molecular weight excluding hydrogens is 297 g/mol. The largest absolute Gasteiger partial charge is 0.507 e. The van der Waals surface area contributed by atoms with Crippen molar-refractivity contribution in [3.63, 3.8) is 0 Å². The minimum atomic E-state index is -0.982. The van der Waals surface area contributed by atoms with E-state index in [4.69, 9.17) is 5.73 Å². The molecule has 0 aliphatic carbocycles. The van der Waals surface area contributed by atoms with Crippen LogP contribution in [0.25, 0.3) is 0 Å². The monoisotopic (exact) mass is 309 g/mol. The van der Waals surface area contributed by atoms with E-state index in [1.54, 1.807) is 19.1 Å². The third kappa shape index (κ3) is 2.87. The second-order valence-electron chi connectivity index (χ2n) is 3.13. The van der Waals surface area contributed by atoms with Crippen LogP contribution in [0.5, 0.6) is 5.75 Å². The zero-order chi connectivity index (χ0) is 11.6. The Labute approximate surface area is 108 Å². The second kappa shape index (κ2) is 6.08. The molecule has 0 aromatic heterocycles. The van der Waals surface area contributed by atoms with Gasteiger partial charge < -0.3 is 15.6 Å². The van der Waals surface area contributed by atoms with Gasteiger partial charge in [0, 0.05) is 10.0 Å². The Morgan fingerprint density at radius 2 is 2.12 bits per heavy atom. The summed E-state index contributed by atoms with van der Waals surface area (Å²) in [6.45, 7) is 1.73. The highest BCUT2D eigenvalue weighted by molar-refractivity contribution is 9.10. The van der Waals surface area contributed by atoms with E-state index >= 15 is 0 Å². The summed E-state index contributed by atoms with van der Waals surface area (Å²) >= 11 is 3.23. The van der Waals surface area contributed by atoms with E-state index in [-0.39, 0.29) is 18.2 Å². The summed E-state index contributed by atoms with van der Waals surface area (Å²) in [5, 5.41) is 9.78. The lowest BCUT2D eigenvalue weighted by Gasteiger charge is -2.14. The standard InChI is InChI=1S/C10H12BrNO3.ClH/c1-5-3-4-6(11)7(9(5)13)8(12)10(14)15-2;/h3-4,8,13H,12H2,1-2H3;1H/t8-;/m1./s1. The Bertz CT molecular complexity index is 398. The van der Waals surface area contributed by atoms with Gasteiger partial charge in [-0.2, -0.15) is 0 Å². The van der Waals surface area contributed by atoms with Gasteiger partial charge in [-0.25, -0.2) is 0 Å². The van der Waals surface area contributed by atoms with Crippen molar-refractivity contribution in [3.05, 3.63) is 27.7 Å². The lowest BCUT2D eigenvalue weighted by molar-refractivity contribution is -0.142. The molecule has 0 unspecified atom stereocenters. The number of nitrogens with two attached hydrogens (primary N) is 1. The van der Waals surface area contributed by atoms with E-state index in [9.17, 15) is 9.90 Å². The first-order valence-electron chi connectivity index (χ1n) is 4.30. The summed E-state index contributed by atoms with van der Waals surface area (Å²) in [5.41, 5.74) is 6.66. The third-order valence-electron chi connectivity index (χ3n) is 2.13. The molecule has 0 heterocycles. The van der Waals surface area contributed by atoms with Crippen LogP contribution in [0.15, 0.2) is 16.6 Å². The molecule has 90 valence electrons. The maximum absolute atomic E-state index is 11.2. The Hall–Kier alpha value is -0.780. The van der Waals surface area contributed by atoms with Gasteiger partial charge in [0.2, 0.25) is 0 Å². The highest BCUT2D eigenvalue weighted by Crippen LogP contribution is 2.33. The van der Waals surface area contributed by atoms with E-state index in [0.717, 1.165) is 0 Å². The number of rotatable bonds is 2. The van der Waals surface area contributed by atoms with Gasteiger partial charge >= 0.3 is 5.97 Å². The topological polar surface area (TPSA) is 72.5 Å². The fourth-order valence-corrected chi connectivity index (χ4v) is 1.80. The number of carbonyl (C=O) groups excluding carboxylic acids is 1. The maximum Gasteiger partial charge on any atom is 0.327 e. The molecular formula is C10H13BrClNO3. The molecule has 0 radical (unpaired) electrons. The van der Waals surface area contributed by atoms with Crippen LogP contribution >= 0.6 is 28.3 Å². The average molecular weight is 311 g/mol. The third-order valence-corrected chi connectivity index (χ3v) is 2.82. The maximum atomic E-state index is 11.2. The smallest absolute Gasteiger partial charge is 0.327 e. The predicted octanol–water partition coefficient (Wildman–Crippen LogP) is 2.06. The van der Waals surface area contributed by atoms with Gasteiger partial charge in [0.1, 0.15) is 11.8 Å². The summed E-state index contributed by atoms with van der Waals surface area (Å²) in [6, 6.07) is 2.48. The number of carbonyl (C=O) groups is 1. The highest BCUT2D eigenvalue weighted by Gasteiger charge is 2.23. The molecule has 1 aromatic rings. The van der Waals surface area contributed by atoms with Crippen LogP contribution < -0.4 is 5.73 Å². The van der Waals surface area contributed by atoms with Gasteiger partial charge in [0.25, 0.3) is 0 Å². The molecule has 6 heteroatoms. The molecule has 4 nitrogen and oxygen atoms in total. The molecule has 0 aliphatic heterocycles. The van der Waals surface area contributed by atoms with Crippen LogP contribution in [0.2, 0.25) is 0 Å². The minimum absolute atomic E-state index is 0. The Morgan fingerprint density at radius 3 is 2.62 bits per heavy atom. The highest BCUT2D eigenvalue weighted by atomic mass is 79.9. The molecule has 0 spiro atoms. The molecule has 3 N–H and O–H groups in total. The van der Waals surface area contributed by atoms with E-state index in [1.807, 2.05) is 0 Å². The van der Waals surface area contributed by atoms with Gasteiger partial charge in [-0.05, 0) is 18.6 Å². The van der Waals surface area contributed by atoms with Crippen molar-refractivity contribution < 1.29 is 14.6 Å². The lowest BCUT2D eigenvalue weighted by atomic mass is 10.0. The molecule has 0 amide bonds. The van der Waals surface area contributed by atoms with Crippen molar-refractivity contribution in [1.82, 2.24) is 0 Å². The summed E-state index contributed by atoms with van der Waals surface area (Å²) in [4.78, 5) is 11.2. The number of esters is 1. The number of hydrogen-bond donors (Lipinski definition) is 2. The summed E-state index contributed by atoms with van der Waals surface area (Å²) in [6.07, 6.45) is 0. The first-order chi connectivity index (χ1) is 6.99. The normalized spacial score (nSPS) is 11.5. The zero-order valence-corrected chi connectivity index (χ0v) is 11.3. The molecule has 1 aromatic carbocycles. The molecule has 16 heavy (non-hydrogen) atoms. The summed E-state index contributed by atoms with van der Waals surface area (Å²) in [7, 11) is 1.25. The van der Waals surface area contributed by atoms with Crippen molar-refractivity contribution in [2.24, 2.45) is 5.73 Å². The molecule has 0 saturated carbocycles. The van der Waals surface area contributed by atoms with Crippen molar-refractivity contribution in [2.75, 3.05) is 7.11 Å². The minimum Gasteiger partial charge on any atom is -0.507 e. The Balaban J connectivity index is 0.00000225.